The van der Waals surface area contributed by atoms with Crippen LogP contribution in [-0.4, -0.2) is 60.3 Å². The molecule has 1 fully saturated rings. The molecule has 5 rings (SSSR count). The summed E-state index contributed by atoms with van der Waals surface area (Å²) in [5.74, 6) is -0.425. The van der Waals surface area contributed by atoms with Crippen LogP contribution in [0.15, 0.2) is 48.9 Å². The number of nitrogens with zero attached hydrogens (tertiary/aromatic N) is 6. The number of hydrogen-bond donors (Lipinski definition) is 2. The molecule has 1 aliphatic heterocycles. The van der Waals surface area contributed by atoms with E-state index in [-0.39, 0.29) is 23.8 Å². The Bertz CT molecular complexity index is 1530. The second-order valence-corrected chi connectivity index (χ2v) is 10.4. The van der Waals surface area contributed by atoms with Crippen LogP contribution in [0.3, 0.4) is 0 Å². The number of fused-ring (bicyclic) bond motifs is 1. The summed E-state index contributed by atoms with van der Waals surface area (Å²) in [7, 11) is 0. The van der Waals surface area contributed by atoms with Crippen LogP contribution in [0.5, 0.6) is 0 Å². The zero-order chi connectivity index (χ0) is 27.7. The van der Waals surface area contributed by atoms with Crippen molar-refractivity contribution in [2.24, 2.45) is 0 Å². The van der Waals surface area contributed by atoms with Gasteiger partial charge in [0.1, 0.15) is 35.1 Å². The third kappa shape index (κ3) is 5.64. The molecule has 0 saturated carbocycles. The number of piperidine rings is 1. The highest BCUT2D eigenvalue weighted by Gasteiger charge is 2.31. The van der Waals surface area contributed by atoms with Gasteiger partial charge in [0.2, 0.25) is 0 Å². The van der Waals surface area contributed by atoms with Crippen molar-refractivity contribution in [2.75, 3.05) is 24.1 Å². The highest BCUT2D eigenvalue weighted by atomic mass is 19.1. The maximum Gasteiger partial charge on any atom is 0.410 e. The van der Waals surface area contributed by atoms with Crippen molar-refractivity contribution in [3.63, 3.8) is 0 Å². The maximum atomic E-state index is 13.2. The molecular formula is C27H29FN8O3. The number of amides is 2. The van der Waals surface area contributed by atoms with Gasteiger partial charge in [0.05, 0.1) is 17.6 Å². The summed E-state index contributed by atoms with van der Waals surface area (Å²) in [5.41, 5.74) is 7.74. The standard InChI is InChI=1S/C27H29FN8O3/c1-27(2,3)39-26(38)35-11-5-8-19(14-35)36-24-21(23(29)31-15-32-24)22(34-36)16-6-4-7-17(12-16)25(37)33-20-10-9-18(28)13-30-20/h4,6-7,9-10,12-13,15,19H,5,8,11,14H2,1-3H3,(H2,29,31,32)(H,30,33,37)/t19-/m1/s1. The van der Waals surface area contributed by atoms with E-state index in [0.717, 1.165) is 19.0 Å². The van der Waals surface area contributed by atoms with Crippen LogP contribution in [0.1, 0.15) is 50.0 Å². The lowest BCUT2D eigenvalue weighted by Crippen LogP contribution is -2.43. The third-order valence-corrected chi connectivity index (χ3v) is 6.28. The maximum absolute atomic E-state index is 13.2. The Morgan fingerprint density at radius 3 is 2.72 bits per heavy atom. The largest absolute Gasteiger partial charge is 0.444 e. The number of nitrogens with two attached hydrogens (primary N) is 1. The minimum absolute atomic E-state index is 0.159. The van der Waals surface area contributed by atoms with Gasteiger partial charge in [-0.1, -0.05) is 12.1 Å². The lowest BCUT2D eigenvalue weighted by Gasteiger charge is -2.34. The number of nitrogens with one attached hydrogen (secondary N) is 1. The van der Waals surface area contributed by atoms with Crippen LogP contribution in [0.4, 0.5) is 20.8 Å². The topological polar surface area (TPSA) is 141 Å². The quantitative estimate of drug-likeness (QED) is 0.393. The van der Waals surface area contributed by atoms with Gasteiger partial charge in [-0.3, -0.25) is 4.79 Å². The van der Waals surface area contributed by atoms with Crippen molar-refractivity contribution in [2.45, 2.75) is 45.3 Å². The molecule has 0 spiro atoms. The zero-order valence-electron chi connectivity index (χ0n) is 21.9. The summed E-state index contributed by atoms with van der Waals surface area (Å²) < 4.78 is 20.5. The number of halogens is 1. The van der Waals surface area contributed by atoms with Crippen molar-refractivity contribution in [1.82, 2.24) is 29.6 Å². The minimum Gasteiger partial charge on any atom is -0.444 e. The Balaban J connectivity index is 1.47. The fourth-order valence-electron chi connectivity index (χ4n) is 4.54. The number of likely N-dealkylation sites (tertiary alicyclic amines) is 1. The van der Waals surface area contributed by atoms with E-state index in [1.807, 2.05) is 26.8 Å². The Labute approximate surface area is 224 Å². The number of carbonyl (C=O) groups excluding carboxylic acids is 2. The molecule has 0 unspecified atom stereocenters. The van der Waals surface area contributed by atoms with E-state index >= 15 is 0 Å². The average molecular weight is 533 g/mol. The molecule has 2 amide bonds. The van der Waals surface area contributed by atoms with E-state index in [9.17, 15) is 14.0 Å². The summed E-state index contributed by atoms with van der Waals surface area (Å²) in [6.45, 7) is 6.51. The Morgan fingerprint density at radius 2 is 1.97 bits per heavy atom. The molecule has 1 atom stereocenters. The predicted molar refractivity (Wildman–Crippen MR) is 143 cm³/mol. The van der Waals surface area contributed by atoms with Crippen LogP contribution in [0.25, 0.3) is 22.3 Å². The number of anilines is 2. The molecule has 39 heavy (non-hydrogen) atoms. The van der Waals surface area contributed by atoms with Crippen molar-refractivity contribution >= 4 is 34.7 Å². The summed E-state index contributed by atoms with van der Waals surface area (Å²) in [4.78, 5) is 39.8. The number of benzene rings is 1. The van der Waals surface area contributed by atoms with Crippen molar-refractivity contribution in [3.05, 3.63) is 60.3 Å². The van der Waals surface area contributed by atoms with Crippen LogP contribution in [-0.2, 0) is 4.74 Å². The number of nitrogen functional groups attached to an aromatic ring is 1. The van der Waals surface area contributed by atoms with E-state index in [4.69, 9.17) is 15.6 Å². The van der Waals surface area contributed by atoms with Gasteiger partial charge in [-0.2, -0.15) is 5.10 Å². The Kier molecular flexibility index (Phi) is 6.85. The monoisotopic (exact) mass is 532 g/mol. The number of aromatic nitrogens is 5. The summed E-state index contributed by atoms with van der Waals surface area (Å²) in [6.07, 6.45) is 3.60. The molecular weight excluding hydrogens is 503 g/mol. The fraction of sp³-hybridized carbons (Fsp3) is 0.333. The molecule has 1 aromatic carbocycles. The van der Waals surface area contributed by atoms with Gasteiger partial charge in [0, 0.05) is 24.2 Å². The number of rotatable bonds is 4. The van der Waals surface area contributed by atoms with Crippen molar-refractivity contribution in [1.29, 1.82) is 0 Å². The van der Waals surface area contributed by atoms with Crippen LogP contribution in [0.2, 0.25) is 0 Å². The van der Waals surface area contributed by atoms with Crippen LogP contribution < -0.4 is 11.1 Å². The molecule has 4 aromatic rings. The van der Waals surface area contributed by atoms with Crippen molar-refractivity contribution < 1.29 is 18.7 Å². The Hall–Kier alpha value is -4.61. The van der Waals surface area contributed by atoms with E-state index in [0.29, 0.717) is 40.9 Å². The van der Waals surface area contributed by atoms with Gasteiger partial charge in [-0.05, 0) is 57.9 Å². The van der Waals surface area contributed by atoms with E-state index in [2.05, 4.69) is 20.3 Å². The van der Waals surface area contributed by atoms with E-state index < -0.39 is 17.3 Å². The Morgan fingerprint density at radius 1 is 1.15 bits per heavy atom. The van der Waals surface area contributed by atoms with Gasteiger partial charge in [0.15, 0.2) is 5.65 Å². The average Bonchev–Trinajstić information content (AvgIpc) is 3.30. The molecule has 0 aliphatic carbocycles. The second-order valence-electron chi connectivity index (χ2n) is 10.4. The van der Waals surface area contributed by atoms with Gasteiger partial charge in [0.25, 0.3) is 5.91 Å². The lowest BCUT2D eigenvalue weighted by atomic mass is 10.1. The highest BCUT2D eigenvalue weighted by molar-refractivity contribution is 6.05. The third-order valence-electron chi connectivity index (χ3n) is 6.28. The van der Waals surface area contributed by atoms with Gasteiger partial charge >= 0.3 is 6.09 Å². The van der Waals surface area contributed by atoms with Crippen LogP contribution in [0, 0.1) is 5.82 Å². The molecule has 3 N–H and O–H groups in total. The smallest absolute Gasteiger partial charge is 0.410 e. The number of ether oxygens (including phenoxy) is 1. The lowest BCUT2D eigenvalue weighted by molar-refractivity contribution is 0.0169. The molecule has 3 aromatic heterocycles. The molecule has 0 radical (unpaired) electrons. The normalized spacial score (nSPS) is 15.8. The molecule has 202 valence electrons. The predicted octanol–water partition coefficient (Wildman–Crippen LogP) is 4.43. The first-order valence-electron chi connectivity index (χ1n) is 12.6. The molecule has 0 bridgehead atoms. The highest BCUT2D eigenvalue weighted by Crippen LogP contribution is 2.34. The van der Waals surface area contributed by atoms with Crippen molar-refractivity contribution in [3.8, 4) is 11.3 Å². The molecule has 1 aliphatic rings. The summed E-state index contributed by atoms with van der Waals surface area (Å²) in [5, 5.41) is 8.10. The first-order chi connectivity index (χ1) is 18.6. The first-order valence-corrected chi connectivity index (χ1v) is 12.6. The number of hydrogen-bond acceptors (Lipinski definition) is 8. The van der Waals surface area contributed by atoms with E-state index in [1.54, 1.807) is 27.8 Å². The number of pyridine rings is 1. The molecule has 11 nitrogen and oxygen atoms in total. The fourth-order valence-corrected chi connectivity index (χ4v) is 4.54. The summed E-state index contributed by atoms with van der Waals surface area (Å²) >= 11 is 0. The first kappa shape index (κ1) is 26.0. The SMILES string of the molecule is CC(C)(C)OC(=O)N1CCC[C@@H](n2nc(-c3cccc(C(=O)Nc4ccc(F)cn4)c3)c3c(N)ncnc32)C1. The zero-order valence-corrected chi connectivity index (χ0v) is 21.9. The van der Waals surface area contributed by atoms with Gasteiger partial charge in [-0.25, -0.2) is 28.8 Å². The number of carbonyl (C=O) groups is 2. The molecule has 1 saturated heterocycles. The van der Waals surface area contributed by atoms with Gasteiger partial charge in [-0.15, -0.1) is 0 Å². The second kappa shape index (κ2) is 10.3. The molecule has 4 heterocycles. The molecule has 12 heteroatoms. The van der Waals surface area contributed by atoms with Crippen LogP contribution >= 0.6 is 0 Å². The van der Waals surface area contributed by atoms with E-state index in [1.165, 1.54) is 18.5 Å². The van der Waals surface area contributed by atoms with Gasteiger partial charge < -0.3 is 20.7 Å². The minimum atomic E-state index is -0.596. The summed E-state index contributed by atoms with van der Waals surface area (Å²) in [6, 6.07) is 9.34.